The lowest BCUT2D eigenvalue weighted by atomic mass is 10.0. The average molecular weight is 579 g/mol. The van der Waals surface area contributed by atoms with E-state index in [1.165, 1.54) is 57.8 Å². The summed E-state index contributed by atoms with van der Waals surface area (Å²) in [6.07, 6.45) is 18.6. The molecule has 0 saturated heterocycles. The summed E-state index contributed by atoms with van der Waals surface area (Å²) in [5, 5.41) is 0. The number of phosphoric acid groups is 1. The van der Waals surface area contributed by atoms with E-state index in [1.54, 1.807) is 0 Å². The summed E-state index contributed by atoms with van der Waals surface area (Å²) >= 11 is 0. The van der Waals surface area contributed by atoms with Crippen molar-refractivity contribution in [3.05, 3.63) is 0 Å². The number of ether oxygens (including phenoxy) is 2. The number of phosphoric ester groups is 1. The fraction of sp³-hybridized carbons (Fsp3) is 0.933. The van der Waals surface area contributed by atoms with Crippen LogP contribution in [-0.2, 0) is 28.2 Å². The highest BCUT2D eigenvalue weighted by atomic mass is 31.2. The van der Waals surface area contributed by atoms with Gasteiger partial charge in [0, 0.05) is 12.8 Å². The van der Waals surface area contributed by atoms with E-state index in [2.05, 4.69) is 32.2 Å². The summed E-state index contributed by atoms with van der Waals surface area (Å²) in [5.74, 6) is 0.637. The van der Waals surface area contributed by atoms with Crippen LogP contribution in [0.25, 0.3) is 0 Å². The molecule has 0 aliphatic rings. The first-order valence-electron chi connectivity index (χ1n) is 15.5. The van der Waals surface area contributed by atoms with Gasteiger partial charge in [-0.15, -0.1) is 0 Å². The second-order valence-corrected chi connectivity index (χ2v) is 13.0. The molecule has 9 heteroatoms. The molecular formula is C30H59O8P. The highest BCUT2D eigenvalue weighted by Gasteiger charge is 2.22. The van der Waals surface area contributed by atoms with Gasteiger partial charge >= 0.3 is 19.8 Å². The lowest BCUT2D eigenvalue weighted by Crippen LogP contribution is -2.29. The van der Waals surface area contributed by atoms with Gasteiger partial charge in [-0.3, -0.25) is 14.1 Å². The van der Waals surface area contributed by atoms with Gasteiger partial charge in [0.1, 0.15) is 6.61 Å². The molecule has 8 nitrogen and oxygen atoms in total. The molecule has 0 unspecified atom stereocenters. The Labute approximate surface area is 238 Å². The Kier molecular flexibility index (Phi) is 24.2. The highest BCUT2D eigenvalue weighted by molar-refractivity contribution is 7.46. The summed E-state index contributed by atoms with van der Waals surface area (Å²) in [6.45, 7) is 8.18. The molecule has 0 amide bonds. The minimum Gasteiger partial charge on any atom is -0.462 e. The Morgan fingerprint density at radius 3 is 1.38 bits per heavy atom. The molecular weight excluding hydrogens is 519 g/mol. The Hall–Kier alpha value is -0.950. The summed E-state index contributed by atoms with van der Waals surface area (Å²) in [7, 11) is -4.73. The van der Waals surface area contributed by atoms with Crippen molar-refractivity contribution in [3.63, 3.8) is 0 Å². The third-order valence-corrected chi connectivity index (χ3v) is 7.22. The molecule has 0 radical (unpaired) electrons. The molecule has 0 aliphatic heterocycles. The van der Waals surface area contributed by atoms with E-state index in [1.807, 2.05) is 0 Å². The predicted octanol–water partition coefficient (Wildman–Crippen LogP) is 8.27. The minimum atomic E-state index is -4.73. The Morgan fingerprint density at radius 2 is 0.974 bits per heavy atom. The maximum Gasteiger partial charge on any atom is 0.469 e. The van der Waals surface area contributed by atoms with Crippen molar-refractivity contribution < 1.29 is 37.9 Å². The highest BCUT2D eigenvalue weighted by Crippen LogP contribution is 2.35. The molecule has 0 heterocycles. The number of hydrogen-bond acceptors (Lipinski definition) is 6. The summed E-state index contributed by atoms with van der Waals surface area (Å²) in [5.41, 5.74) is 0. The van der Waals surface area contributed by atoms with Crippen molar-refractivity contribution in [3.8, 4) is 0 Å². The van der Waals surface area contributed by atoms with Crippen molar-refractivity contribution in [2.45, 2.75) is 156 Å². The Morgan fingerprint density at radius 1 is 0.590 bits per heavy atom. The van der Waals surface area contributed by atoms with Crippen LogP contribution in [0.15, 0.2) is 0 Å². The zero-order valence-corrected chi connectivity index (χ0v) is 26.3. The van der Waals surface area contributed by atoms with Crippen molar-refractivity contribution in [1.82, 2.24) is 0 Å². The van der Waals surface area contributed by atoms with Crippen LogP contribution < -0.4 is 0 Å². The van der Waals surface area contributed by atoms with Gasteiger partial charge in [0.2, 0.25) is 0 Å². The van der Waals surface area contributed by atoms with Crippen LogP contribution in [0.5, 0.6) is 0 Å². The van der Waals surface area contributed by atoms with Crippen LogP contribution in [0, 0.1) is 11.8 Å². The van der Waals surface area contributed by atoms with Gasteiger partial charge in [-0.2, -0.15) is 0 Å². The molecule has 39 heavy (non-hydrogen) atoms. The number of carbonyl (C=O) groups excluding carboxylic acids is 2. The number of esters is 2. The van der Waals surface area contributed by atoms with Crippen molar-refractivity contribution >= 4 is 19.8 Å². The minimum absolute atomic E-state index is 0.215. The molecule has 232 valence electrons. The molecule has 0 aromatic carbocycles. The van der Waals surface area contributed by atoms with Crippen LogP contribution in [0.4, 0.5) is 0 Å². The Balaban J connectivity index is 4.05. The quantitative estimate of drug-likeness (QED) is 0.0568. The third-order valence-electron chi connectivity index (χ3n) is 6.73. The van der Waals surface area contributed by atoms with Crippen molar-refractivity contribution in [1.29, 1.82) is 0 Å². The molecule has 0 spiro atoms. The SMILES string of the molecule is CC(C)CCCCCCCCCCCC(=O)O[C@H](COC(=O)CCCCCCCCC(C)C)COP(=O)(O)O. The zero-order chi connectivity index (χ0) is 29.4. The summed E-state index contributed by atoms with van der Waals surface area (Å²) < 4.78 is 26.1. The van der Waals surface area contributed by atoms with Gasteiger partial charge in [-0.1, -0.05) is 124 Å². The molecule has 1 atom stereocenters. The van der Waals surface area contributed by atoms with Crippen LogP contribution in [0.3, 0.4) is 0 Å². The monoisotopic (exact) mass is 578 g/mol. The number of hydrogen-bond donors (Lipinski definition) is 2. The second-order valence-electron chi connectivity index (χ2n) is 11.7. The first-order valence-corrected chi connectivity index (χ1v) is 17.1. The molecule has 0 fully saturated rings. The second kappa shape index (κ2) is 24.8. The first-order chi connectivity index (χ1) is 18.5. The maximum atomic E-state index is 12.2. The van der Waals surface area contributed by atoms with Gasteiger partial charge in [0.25, 0.3) is 0 Å². The normalized spacial score (nSPS) is 12.7. The fourth-order valence-corrected chi connectivity index (χ4v) is 4.75. The van der Waals surface area contributed by atoms with E-state index < -0.39 is 32.5 Å². The van der Waals surface area contributed by atoms with E-state index in [9.17, 15) is 14.2 Å². The van der Waals surface area contributed by atoms with E-state index in [0.717, 1.165) is 56.8 Å². The van der Waals surface area contributed by atoms with Crippen LogP contribution in [0.1, 0.15) is 150 Å². The van der Waals surface area contributed by atoms with Gasteiger partial charge in [-0.25, -0.2) is 4.57 Å². The fourth-order valence-electron chi connectivity index (χ4n) is 4.39. The van der Waals surface area contributed by atoms with Crippen LogP contribution >= 0.6 is 7.82 Å². The van der Waals surface area contributed by atoms with Crippen LogP contribution in [0.2, 0.25) is 0 Å². The van der Waals surface area contributed by atoms with Crippen molar-refractivity contribution in [2.24, 2.45) is 11.8 Å². The molecule has 0 saturated carbocycles. The molecule has 2 N–H and O–H groups in total. The largest absolute Gasteiger partial charge is 0.469 e. The van der Waals surface area contributed by atoms with Gasteiger partial charge in [-0.05, 0) is 24.7 Å². The van der Waals surface area contributed by atoms with E-state index in [-0.39, 0.29) is 19.4 Å². The van der Waals surface area contributed by atoms with Gasteiger partial charge in [0.15, 0.2) is 6.10 Å². The molecule has 0 rings (SSSR count). The lowest BCUT2D eigenvalue weighted by molar-refractivity contribution is -0.161. The number of carbonyl (C=O) groups is 2. The third kappa shape index (κ3) is 29.8. The summed E-state index contributed by atoms with van der Waals surface area (Å²) in [4.78, 5) is 42.3. The van der Waals surface area contributed by atoms with E-state index in [0.29, 0.717) is 6.42 Å². The van der Waals surface area contributed by atoms with Crippen molar-refractivity contribution in [2.75, 3.05) is 13.2 Å². The smallest absolute Gasteiger partial charge is 0.462 e. The first kappa shape index (κ1) is 38.0. The summed E-state index contributed by atoms with van der Waals surface area (Å²) in [6, 6.07) is 0. The Bertz CT molecular complexity index is 647. The average Bonchev–Trinajstić information content (AvgIpc) is 2.84. The topological polar surface area (TPSA) is 119 Å². The maximum absolute atomic E-state index is 12.2. The molecule has 0 aliphatic carbocycles. The zero-order valence-electron chi connectivity index (χ0n) is 25.4. The number of rotatable bonds is 27. The lowest BCUT2D eigenvalue weighted by Gasteiger charge is -2.18. The van der Waals surface area contributed by atoms with E-state index in [4.69, 9.17) is 19.3 Å². The molecule has 0 aromatic rings. The van der Waals surface area contributed by atoms with Gasteiger partial charge in [0.05, 0.1) is 6.61 Å². The van der Waals surface area contributed by atoms with E-state index >= 15 is 0 Å². The molecule has 0 bridgehead atoms. The number of unbranched alkanes of at least 4 members (excludes halogenated alkanes) is 13. The van der Waals surface area contributed by atoms with Crippen LogP contribution in [-0.4, -0.2) is 41.0 Å². The predicted molar refractivity (Wildman–Crippen MR) is 156 cm³/mol. The van der Waals surface area contributed by atoms with Gasteiger partial charge < -0.3 is 19.3 Å². The standard InChI is InChI=1S/C30H59O8P/c1-26(2)20-16-12-8-6-5-7-9-15-19-23-30(32)38-28(25-37-39(33,34)35)24-36-29(31)22-18-14-11-10-13-17-21-27(3)4/h26-28H,5-25H2,1-4H3,(H2,33,34,35)/t28-/m1/s1. The molecule has 0 aromatic heterocycles.